The monoisotopic (exact) mass is 388 g/mol. The third-order valence-electron chi connectivity index (χ3n) is 5.19. The fourth-order valence-electron chi connectivity index (χ4n) is 3.92. The van der Waals surface area contributed by atoms with Gasteiger partial charge in [0.15, 0.2) is 0 Å². The van der Waals surface area contributed by atoms with Gasteiger partial charge in [0.05, 0.1) is 17.9 Å². The summed E-state index contributed by atoms with van der Waals surface area (Å²) in [7, 11) is -3.57. The molecule has 0 radical (unpaired) electrons. The molecule has 1 aromatic carbocycles. The number of hydrogen-bond donors (Lipinski definition) is 0. The van der Waals surface area contributed by atoms with Gasteiger partial charge in [0.1, 0.15) is 21.7 Å². The van der Waals surface area contributed by atoms with Gasteiger partial charge in [0, 0.05) is 38.6 Å². The second-order valence-electron chi connectivity index (χ2n) is 6.70. The van der Waals surface area contributed by atoms with E-state index in [2.05, 4.69) is 23.6 Å². The van der Waals surface area contributed by atoms with E-state index in [9.17, 15) is 8.42 Å². The minimum absolute atomic E-state index is 0.259. The van der Waals surface area contributed by atoms with Crippen molar-refractivity contribution in [1.29, 1.82) is 0 Å². The largest absolute Gasteiger partial charge is 0.355 e. The maximum Gasteiger partial charge on any atom is 0.245 e. The topological polar surface area (TPSA) is 92.2 Å². The van der Waals surface area contributed by atoms with Gasteiger partial charge in [0.25, 0.3) is 0 Å². The van der Waals surface area contributed by atoms with Crippen LogP contribution in [0.15, 0.2) is 41.7 Å². The molecule has 0 N–H and O–H groups in total. The highest BCUT2D eigenvalue weighted by Gasteiger charge is 2.45. The number of nitrogens with zero attached hydrogens (tertiary/aromatic N) is 6. The van der Waals surface area contributed by atoms with Crippen molar-refractivity contribution in [1.82, 2.24) is 23.0 Å². The van der Waals surface area contributed by atoms with Crippen molar-refractivity contribution in [3.8, 4) is 0 Å². The number of benzene rings is 1. The lowest BCUT2D eigenvalue weighted by Crippen LogP contribution is -2.33. The molecule has 0 saturated carbocycles. The van der Waals surface area contributed by atoms with Crippen LogP contribution >= 0.6 is 11.7 Å². The Labute approximate surface area is 154 Å². The first-order valence-electron chi connectivity index (χ1n) is 8.35. The first-order chi connectivity index (χ1) is 12.6. The number of aromatic nitrogens is 4. The molecule has 2 aliphatic rings. The highest BCUT2D eigenvalue weighted by molar-refractivity contribution is 7.89. The molecule has 2 unspecified atom stereocenters. The Hall–Kier alpha value is -2.17. The van der Waals surface area contributed by atoms with Crippen molar-refractivity contribution in [2.45, 2.75) is 4.90 Å². The number of rotatable bonds is 3. The van der Waals surface area contributed by atoms with E-state index in [-0.39, 0.29) is 4.90 Å². The predicted molar refractivity (Wildman–Crippen MR) is 97.4 cm³/mol. The highest BCUT2D eigenvalue weighted by atomic mass is 32.2. The van der Waals surface area contributed by atoms with Crippen molar-refractivity contribution >= 4 is 38.6 Å². The number of anilines is 1. The van der Waals surface area contributed by atoms with Gasteiger partial charge >= 0.3 is 0 Å². The molecule has 3 aromatic rings. The van der Waals surface area contributed by atoms with E-state index < -0.39 is 10.0 Å². The van der Waals surface area contributed by atoms with E-state index in [1.165, 1.54) is 0 Å². The summed E-state index contributed by atoms with van der Waals surface area (Å²) in [6, 6.07) is 5.14. The lowest BCUT2D eigenvalue weighted by atomic mass is 10.0. The van der Waals surface area contributed by atoms with Crippen LogP contribution < -0.4 is 4.90 Å². The summed E-state index contributed by atoms with van der Waals surface area (Å²) in [6.45, 7) is 2.66. The van der Waals surface area contributed by atoms with Crippen molar-refractivity contribution in [3.63, 3.8) is 0 Å². The fourth-order valence-corrected chi connectivity index (χ4v) is 6.22. The summed E-state index contributed by atoms with van der Waals surface area (Å²) < 4.78 is 36.2. The maximum atomic E-state index is 13.2. The van der Waals surface area contributed by atoms with Crippen molar-refractivity contribution < 1.29 is 8.42 Å². The summed E-state index contributed by atoms with van der Waals surface area (Å²) in [5.74, 6) is 1.47. The van der Waals surface area contributed by atoms with Crippen molar-refractivity contribution in [2.75, 3.05) is 31.1 Å². The molecule has 134 valence electrons. The lowest BCUT2D eigenvalue weighted by Gasteiger charge is -2.22. The van der Waals surface area contributed by atoms with Crippen LogP contribution in [0.2, 0.25) is 0 Å². The zero-order chi connectivity index (χ0) is 17.7. The SMILES string of the molecule is O=S(=O)(c1cccc2nsnc12)N1CC2CN(c3cnccn3)CC2C1. The normalized spacial score (nSPS) is 23.6. The molecule has 0 spiro atoms. The molecular weight excluding hydrogens is 372 g/mol. The van der Waals surface area contributed by atoms with E-state index in [1.54, 1.807) is 41.1 Å². The van der Waals surface area contributed by atoms with E-state index in [0.29, 0.717) is 36.0 Å². The Balaban J connectivity index is 1.38. The molecule has 26 heavy (non-hydrogen) atoms. The molecule has 0 bridgehead atoms. The van der Waals surface area contributed by atoms with Crippen LogP contribution in [0.1, 0.15) is 0 Å². The van der Waals surface area contributed by atoms with E-state index in [4.69, 9.17) is 0 Å². The van der Waals surface area contributed by atoms with Gasteiger partial charge < -0.3 is 4.90 Å². The van der Waals surface area contributed by atoms with E-state index in [0.717, 1.165) is 30.6 Å². The van der Waals surface area contributed by atoms with Crippen LogP contribution in [0.3, 0.4) is 0 Å². The Bertz CT molecular complexity index is 1040. The second-order valence-corrected chi connectivity index (χ2v) is 9.13. The molecular formula is C16H16N6O2S2. The third kappa shape index (κ3) is 2.48. The van der Waals surface area contributed by atoms with Crippen molar-refractivity contribution in [3.05, 3.63) is 36.8 Å². The molecule has 2 fully saturated rings. The Kier molecular flexibility index (Phi) is 3.66. The standard InChI is InChI=1S/C16H16N6O2S2/c23-26(24,14-3-1-2-13-16(14)20-25-19-13)22-9-11-7-21(8-12(11)10-22)15-6-17-4-5-18-15/h1-6,11-12H,7-10H2. The molecule has 4 heterocycles. The molecule has 2 aromatic heterocycles. The molecule has 2 aliphatic heterocycles. The average molecular weight is 388 g/mol. The quantitative estimate of drug-likeness (QED) is 0.666. The Morgan fingerprint density at radius 2 is 1.85 bits per heavy atom. The predicted octanol–water partition coefficient (Wildman–Crippen LogP) is 1.24. The van der Waals surface area contributed by atoms with Gasteiger partial charge in [-0.2, -0.15) is 13.1 Å². The van der Waals surface area contributed by atoms with Gasteiger partial charge in [-0.1, -0.05) is 6.07 Å². The number of hydrogen-bond acceptors (Lipinski definition) is 8. The highest BCUT2D eigenvalue weighted by Crippen LogP contribution is 2.36. The smallest absolute Gasteiger partial charge is 0.245 e. The van der Waals surface area contributed by atoms with Crippen molar-refractivity contribution in [2.24, 2.45) is 11.8 Å². The van der Waals surface area contributed by atoms with Crippen LogP contribution in [0.4, 0.5) is 5.82 Å². The molecule has 0 aliphatic carbocycles. The zero-order valence-corrected chi connectivity index (χ0v) is 15.4. The minimum Gasteiger partial charge on any atom is -0.355 e. The zero-order valence-electron chi connectivity index (χ0n) is 13.8. The first-order valence-corrected chi connectivity index (χ1v) is 10.5. The first kappa shape index (κ1) is 16.0. The lowest BCUT2D eigenvalue weighted by molar-refractivity contribution is 0.453. The Morgan fingerprint density at radius 1 is 1.04 bits per heavy atom. The molecule has 10 heteroatoms. The van der Waals surface area contributed by atoms with Gasteiger partial charge in [-0.3, -0.25) is 4.98 Å². The van der Waals surface area contributed by atoms with Crippen LogP contribution in [-0.4, -0.2) is 57.6 Å². The van der Waals surface area contributed by atoms with Crippen LogP contribution in [0, 0.1) is 11.8 Å². The van der Waals surface area contributed by atoms with Gasteiger partial charge in [0.2, 0.25) is 10.0 Å². The second kappa shape index (κ2) is 5.93. The molecule has 8 nitrogen and oxygen atoms in total. The van der Waals surface area contributed by atoms with Gasteiger partial charge in [-0.25, -0.2) is 13.4 Å². The summed E-state index contributed by atoms with van der Waals surface area (Å²) in [5.41, 5.74) is 1.10. The number of sulfonamides is 1. The molecule has 2 atom stereocenters. The molecule has 0 amide bonds. The maximum absolute atomic E-state index is 13.2. The van der Waals surface area contributed by atoms with Gasteiger partial charge in [-0.05, 0) is 24.0 Å². The van der Waals surface area contributed by atoms with Crippen LogP contribution in [-0.2, 0) is 10.0 Å². The van der Waals surface area contributed by atoms with E-state index >= 15 is 0 Å². The minimum atomic E-state index is -3.57. The summed E-state index contributed by atoms with van der Waals surface area (Å²) in [4.78, 5) is 10.9. The average Bonchev–Trinajstić information content (AvgIpc) is 3.36. The molecule has 5 rings (SSSR count). The summed E-state index contributed by atoms with van der Waals surface area (Å²) in [5, 5.41) is 0. The van der Waals surface area contributed by atoms with Crippen LogP contribution in [0.25, 0.3) is 11.0 Å². The van der Waals surface area contributed by atoms with E-state index in [1.807, 2.05) is 0 Å². The third-order valence-corrected chi connectivity index (χ3v) is 7.60. The Morgan fingerprint density at radius 3 is 2.58 bits per heavy atom. The van der Waals surface area contributed by atoms with Crippen LogP contribution in [0.5, 0.6) is 0 Å². The number of fused-ring (bicyclic) bond motifs is 2. The fraction of sp³-hybridized carbons (Fsp3) is 0.375. The molecule has 2 saturated heterocycles. The van der Waals surface area contributed by atoms with Gasteiger partial charge in [-0.15, -0.1) is 0 Å². The summed E-state index contributed by atoms with van der Waals surface area (Å²) >= 11 is 1.04. The summed E-state index contributed by atoms with van der Waals surface area (Å²) in [6.07, 6.45) is 5.09.